The maximum absolute atomic E-state index is 6.37. The van der Waals surface area contributed by atoms with Gasteiger partial charge in [0.1, 0.15) is 16.2 Å². The third kappa shape index (κ3) is 4.64. The van der Waals surface area contributed by atoms with Crippen LogP contribution in [0.4, 0.5) is 0 Å². The molecule has 0 saturated carbocycles. The van der Waals surface area contributed by atoms with Crippen LogP contribution >= 0.6 is 11.3 Å². The van der Waals surface area contributed by atoms with Gasteiger partial charge in [-0.3, -0.25) is 0 Å². The highest BCUT2D eigenvalue weighted by Gasteiger charge is 2.19. The predicted molar refractivity (Wildman–Crippen MR) is 187 cm³/mol. The molecule has 0 bridgehead atoms. The average molecular weight is 609 g/mol. The fourth-order valence-corrected chi connectivity index (χ4v) is 6.91. The van der Waals surface area contributed by atoms with Crippen LogP contribution in [0.15, 0.2) is 150 Å². The van der Waals surface area contributed by atoms with Gasteiger partial charge in [0.2, 0.25) is 0 Å². The van der Waals surface area contributed by atoms with E-state index in [1.54, 1.807) is 11.3 Å². The largest absolute Gasteiger partial charge is 0.456 e. The summed E-state index contributed by atoms with van der Waals surface area (Å²) in [5.41, 5.74) is 8.61. The molecule has 0 fully saturated rings. The summed E-state index contributed by atoms with van der Waals surface area (Å²) in [6.45, 7) is 0. The van der Waals surface area contributed by atoms with Gasteiger partial charge in [-0.2, -0.15) is 0 Å². The van der Waals surface area contributed by atoms with Gasteiger partial charge in [0.25, 0.3) is 0 Å². The number of nitrogens with zero attached hydrogens (tertiary/aromatic N) is 4. The standard InChI is InChI=1S/C40H24N4OS/c1-3-11-25(12-4-1)27-15-9-16-28(23-27)38-42-37(26-13-5-2-6-14-26)43-39(44-38)30-17-10-19-34-36(30)31-24-29(21-22-33(31)45-34)40-41-32-18-7-8-20-35(32)46-40/h1-24H. The van der Waals surface area contributed by atoms with Crippen molar-refractivity contribution in [3.63, 3.8) is 0 Å². The van der Waals surface area contributed by atoms with Crippen molar-refractivity contribution in [2.45, 2.75) is 0 Å². The molecule has 0 aliphatic rings. The Balaban J connectivity index is 1.25. The molecule has 216 valence electrons. The first-order valence-corrected chi connectivity index (χ1v) is 15.9. The van der Waals surface area contributed by atoms with E-state index >= 15 is 0 Å². The third-order valence-corrected chi connectivity index (χ3v) is 9.26. The second-order valence-corrected chi connectivity index (χ2v) is 12.1. The fourth-order valence-electron chi connectivity index (χ4n) is 5.95. The molecular formula is C40H24N4OS. The van der Waals surface area contributed by atoms with Crippen LogP contribution in [0.1, 0.15) is 0 Å². The maximum atomic E-state index is 6.37. The summed E-state index contributed by atoms with van der Waals surface area (Å²) >= 11 is 1.69. The van der Waals surface area contributed by atoms with E-state index in [9.17, 15) is 0 Å². The van der Waals surface area contributed by atoms with Crippen molar-refractivity contribution >= 4 is 43.5 Å². The summed E-state index contributed by atoms with van der Waals surface area (Å²) in [5, 5.41) is 2.94. The first-order valence-electron chi connectivity index (χ1n) is 15.1. The molecule has 3 heterocycles. The number of rotatable bonds is 5. The molecule has 0 unspecified atom stereocenters. The van der Waals surface area contributed by atoms with Crippen LogP contribution in [0, 0.1) is 0 Å². The SMILES string of the molecule is c1ccc(-c2cccc(-c3nc(-c4ccccc4)nc(-c4cccc5oc6ccc(-c7nc8ccccc8s7)cc6c45)n3)c2)cc1. The summed E-state index contributed by atoms with van der Waals surface area (Å²) in [5.74, 6) is 1.82. The van der Waals surface area contributed by atoms with Gasteiger partial charge in [-0.25, -0.2) is 19.9 Å². The van der Waals surface area contributed by atoms with Crippen LogP contribution in [0.3, 0.4) is 0 Å². The monoisotopic (exact) mass is 608 g/mol. The summed E-state index contributed by atoms with van der Waals surface area (Å²) in [7, 11) is 0. The highest BCUT2D eigenvalue weighted by molar-refractivity contribution is 7.21. The van der Waals surface area contributed by atoms with Gasteiger partial charge < -0.3 is 4.42 Å². The van der Waals surface area contributed by atoms with E-state index in [2.05, 4.69) is 78.9 Å². The van der Waals surface area contributed by atoms with Gasteiger partial charge in [0.05, 0.1) is 10.2 Å². The molecule has 6 aromatic carbocycles. The van der Waals surface area contributed by atoms with Gasteiger partial charge in [0, 0.05) is 33.0 Å². The molecule has 0 amide bonds. The lowest BCUT2D eigenvalue weighted by atomic mass is 10.0. The normalized spacial score (nSPS) is 11.5. The highest BCUT2D eigenvalue weighted by Crippen LogP contribution is 2.39. The quantitative estimate of drug-likeness (QED) is 0.194. The van der Waals surface area contributed by atoms with Crippen molar-refractivity contribution in [1.29, 1.82) is 0 Å². The Morgan fingerprint density at radius 3 is 1.93 bits per heavy atom. The summed E-state index contributed by atoms with van der Waals surface area (Å²) in [6, 6.07) is 49.4. The number of hydrogen-bond donors (Lipinski definition) is 0. The van der Waals surface area contributed by atoms with Gasteiger partial charge >= 0.3 is 0 Å². The molecule has 0 saturated heterocycles. The third-order valence-electron chi connectivity index (χ3n) is 8.17. The lowest BCUT2D eigenvalue weighted by Gasteiger charge is -2.10. The van der Waals surface area contributed by atoms with Crippen molar-refractivity contribution in [3.8, 4) is 55.9 Å². The van der Waals surface area contributed by atoms with Crippen LogP contribution in [-0.2, 0) is 0 Å². The predicted octanol–water partition coefficient (Wildman–Crippen LogP) is 10.7. The molecule has 0 aliphatic carbocycles. The molecular weight excluding hydrogens is 585 g/mol. The Morgan fingerprint density at radius 1 is 0.435 bits per heavy atom. The molecule has 6 heteroatoms. The smallest absolute Gasteiger partial charge is 0.164 e. The summed E-state index contributed by atoms with van der Waals surface area (Å²) in [4.78, 5) is 20.1. The van der Waals surface area contributed by atoms with Crippen molar-refractivity contribution in [1.82, 2.24) is 19.9 Å². The molecule has 46 heavy (non-hydrogen) atoms. The zero-order valence-electron chi connectivity index (χ0n) is 24.5. The molecule has 9 rings (SSSR count). The zero-order valence-corrected chi connectivity index (χ0v) is 25.3. The Labute approximate surface area is 268 Å². The minimum absolute atomic E-state index is 0.590. The van der Waals surface area contributed by atoms with Crippen molar-refractivity contribution in [3.05, 3.63) is 146 Å². The lowest BCUT2D eigenvalue weighted by molar-refractivity contribution is 0.669. The van der Waals surface area contributed by atoms with Gasteiger partial charge in [0.15, 0.2) is 17.5 Å². The first-order chi connectivity index (χ1) is 22.8. The number of benzene rings is 6. The zero-order chi connectivity index (χ0) is 30.5. The number of para-hydroxylation sites is 1. The Hall–Kier alpha value is -5.98. The number of aromatic nitrogens is 4. The number of fused-ring (bicyclic) bond motifs is 4. The number of hydrogen-bond acceptors (Lipinski definition) is 6. The summed E-state index contributed by atoms with van der Waals surface area (Å²) < 4.78 is 7.54. The van der Waals surface area contributed by atoms with E-state index in [4.69, 9.17) is 24.4 Å². The minimum atomic E-state index is 0.590. The van der Waals surface area contributed by atoms with E-state index in [0.717, 1.165) is 70.5 Å². The molecule has 3 aromatic heterocycles. The second kappa shape index (κ2) is 10.9. The number of thiazole rings is 1. The fraction of sp³-hybridized carbons (Fsp3) is 0. The molecule has 5 nitrogen and oxygen atoms in total. The summed E-state index contributed by atoms with van der Waals surface area (Å²) in [6.07, 6.45) is 0. The lowest BCUT2D eigenvalue weighted by Crippen LogP contribution is -2.00. The van der Waals surface area contributed by atoms with E-state index in [0.29, 0.717) is 17.5 Å². The topological polar surface area (TPSA) is 64.7 Å². The molecule has 0 spiro atoms. The molecule has 0 atom stereocenters. The minimum Gasteiger partial charge on any atom is -0.456 e. The van der Waals surface area contributed by atoms with Crippen LogP contribution in [-0.4, -0.2) is 19.9 Å². The van der Waals surface area contributed by atoms with Crippen molar-refractivity contribution < 1.29 is 4.42 Å². The van der Waals surface area contributed by atoms with Gasteiger partial charge in [-0.1, -0.05) is 103 Å². The van der Waals surface area contributed by atoms with Crippen LogP contribution in [0.25, 0.3) is 88.0 Å². The van der Waals surface area contributed by atoms with Crippen molar-refractivity contribution in [2.24, 2.45) is 0 Å². The van der Waals surface area contributed by atoms with Crippen LogP contribution in [0.5, 0.6) is 0 Å². The molecule has 0 aliphatic heterocycles. The second-order valence-electron chi connectivity index (χ2n) is 11.1. The van der Waals surface area contributed by atoms with E-state index in [-0.39, 0.29) is 0 Å². The maximum Gasteiger partial charge on any atom is 0.164 e. The Bertz CT molecular complexity index is 2500. The van der Waals surface area contributed by atoms with Crippen molar-refractivity contribution in [2.75, 3.05) is 0 Å². The number of furan rings is 1. The van der Waals surface area contributed by atoms with Crippen LogP contribution in [0.2, 0.25) is 0 Å². The Morgan fingerprint density at radius 2 is 1.11 bits per heavy atom. The van der Waals surface area contributed by atoms with E-state index < -0.39 is 0 Å². The van der Waals surface area contributed by atoms with Crippen LogP contribution < -0.4 is 0 Å². The Kier molecular flexibility index (Phi) is 6.25. The van der Waals surface area contributed by atoms with E-state index in [1.165, 1.54) is 0 Å². The van der Waals surface area contributed by atoms with E-state index in [1.807, 2.05) is 66.7 Å². The van der Waals surface area contributed by atoms with Gasteiger partial charge in [-0.05, 0) is 53.6 Å². The average Bonchev–Trinajstić information content (AvgIpc) is 3.74. The first kappa shape index (κ1) is 26.4. The molecule has 9 aromatic rings. The van der Waals surface area contributed by atoms with Gasteiger partial charge in [-0.15, -0.1) is 11.3 Å². The molecule has 0 N–H and O–H groups in total. The highest BCUT2D eigenvalue weighted by atomic mass is 32.1. The molecule has 0 radical (unpaired) electrons.